The van der Waals surface area contributed by atoms with Gasteiger partial charge in [-0.15, -0.1) is 0 Å². The van der Waals surface area contributed by atoms with E-state index >= 15 is 0 Å². The van der Waals surface area contributed by atoms with Gasteiger partial charge in [0.05, 0.1) is 15.7 Å². The highest BCUT2D eigenvalue weighted by Gasteiger charge is 2.26. The van der Waals surface area contributed by atoms with Gasteiger partial charge in [0, 0.05) is 17.9 Å². The quantitative estimate of drug-likeness (QED) is 0.662. The van der Waals surface area contributed by atoms with Crippen LogP contribution in [0.2, 0.25) is 0 Å². The monoisotopic (exact) mass is 282 g/mol. The van der Waals surface area contributed by atoms with E-state index < -0.39 is 15.7 Å². The van der Waals surface area contributed by atoms with Crippen molar-refractivity contribution in [2.75, 3.05) is 5.75 Å². The second-order valence-electron chi connectivity index (χ2n) is 4.95. The second kappa shape index (κ2) is 6.25. The van der Waals surface area contributed by atoms with Gasteiger partial charge < -0.3 is 5.73 Å². The number of para-hydroxylation sites is 1. The average molecular weight is 282 g/mol. The van der Waals surface area contributed by atoms with Crippen molar-refractivity contribution in [2.45, 2.75) is 36.6 Å². The van der Waals surface area contributed by atoms with Crippen molar-refractivity contribution in [3.8, 4) is 0 Å². The Kier molecular flexibility index (Phi) is 4.66. The average Bonchev–Trinajstić information content (AvgIpc) is 2.92. The normalized spacial score (nSPS) is 19.2. The molecule has 0 bridgehead atoms. The molecule has 19 heavy (non-hydrogen) atoms. The molecule has 0 saturated heterocycles. The first-order valence-electron chi connectivity index (χ1n) is 6.47. The van der Waals surface area contributed by atoms with Gasteiger partial charge in [0.25, 0.3) is 5.69 Å². The van der Waals surface area contributed by atoms with Gasteiger partial charge in [-0.25, -0.2) is 0 Å². The Balaban J connectivity index is 2.09. The van der Waals surface area contributed by atoms with Crippen molar-refractivity contribution in [3.05, 3.63) is 34.4 Å². The molecule has 0 amide bonds. The Labute approximate surface area is 114 Å². The highest BCUT2D eigenvalue weighted by molar-refractivity contribution is 7.85. The summed E-state index contributed by atoms with van der Waals surface area (Å²) < 4.78 is 12.3. The number of nitro benzene ring substituents is 1. The molecule has 5 nitrogen and oxygen atoms in total. The van der Waals surface area contributed by atoms with Crippen LogP contribution in [0.25, 0.3) is 0 Å². The summed E-state index contributed by atoms with van der Waals surface area (Å²) in [5.41, 5.74) is 6.00. The lowest BCUT2D eigenvalue weighted by Gasteiger charge is -2.18. The molecule has 1 fully saturated rings. The SMILES string of the molecule is NC(CS(=O)c1ccccc1[N+](=O)[O-])C1CCCC1. The molecule has 0 spiro atoms. The Morgan fingerprint density at radius 1 is 1.37 bits per heavy atom. The zero-order valence-electron chi connectivity index (χ0n) is 10.7. The highest BCUT2D eigenvalue weighted by Crippen LogP contribution is 2.28. The van der Waals surface area contributed by atoms with E-state index in [2.05, 4.69) is 0 Å². The highest BCUT2D eigenvalue weighted by atomic mass is 32.2. The van der Waals surface area contributed by atoms with Gasteiger partial charge in [-0.1, -0.05) is 25.0 Å². The first kappa shape index (κ1) is 14.1. The summed E-state index contributed by atoms with van der Waals surface area (Å²) in [5, 5.41) is 10.9. The molecule has 0 aliphatic heterocycles. The van der Waals surface area contributed by atoms with Crippen LogP contribution in [0.4, 0.5) is 5.69 Å². The summed E-state index contributed by atoms with van der Waals surface area (Å²) in [5.74, 6) is 0.710. The summed E-state index contributed by atoms with van der Waals surface area (Å²) in [6.45, 7) is 0. The number of benzene rings is 1. The maximum absolute atomic E-state index is 12.3. The number of hydrogen-bond donors (Lipinski definition) is 1. The molecule has 2 rings (SSSR count). The van der Waals surface area contributed by atoms with E-state index in [0.717, 1.165) is 12.8 Å². The van der Waals surface area contributed by atoms with E-state index in [1.165, 1.54) is 18.9 Å². The molecule has 0 heterocycles. The van der Waals surface area contributed by atoms with Crippen LogP contribution in [0.1, 0.15) is 25.7 Å². The van der Waals surface area contributed by atoms with Crippen LogP contribution in [0.3, 0.4) is 0 Å². The van der Waals surface area contributed by atoms with Crippen LogP contribution >= 0.6 is 0 Å². The fourth-order valence-corrected chi connectivity index (χ4v) is 3.99. The number of rotatable bonds is 5. The topological polar surface area (TPSA) is 86.2 Å². The summed E-state index contributed by atoms with van der Waals surface area (Å²) in [4.78, 5) is 10.7. The maximum atomic E-state index is 12.3. The largest absolute Gasteiger partial charge is 0.327 e. The fraction of sp³-hybridized carbons (Fsp3) is 0.538. The predicted molar refractivity (Wildman–Crippen MR) is 74.3 cm³/mol. The van der Waals surface area contributed by atoms with Crippen LogP contribution in [0.15, 0.2) is 29.2 Å². The lowest BCUT2D eigenvalue weighted by molar-refractivity contribution is -0.387. The molecule has 1 saturated carbocycles. The van der Waals surface area contributed by atoms with Gasteiger partial charge in [0.2, 0.25) is 0 Å². The van der Waals surface area contributed by atoms with Gasteiger partial charge in [0.15, 0.2) is 0 Å². The predicted octanol–water partition coefficient (Wildman–Crippen LogP) is 2.22. The number of nitrogens with two attached hydrogens (primary N) is 1. The molecule has 1 aromatic rings. The number of hydrogen-bond acceptors (Lipinski definition) is 4. The van der Waals surface area contributed by atoms with Gasteiger partial charge in [-0.3, -0.25) is 14.3 Å². The van der Waals surface area contributed by atoms with Crippen molar-refractivity contribution in [1.29, 1.82) is 0 Å². The maximum Gasteiger partial charge on any atom is 0.285 e. The molecule has 2 unspecified atom stereocenters. The van der Waals surface area contributed by atoms with Crippen molar-refractivity contribution >= 4 is 16.5 Å². The van der Waals surface area contributed by atoms with Crippen LogP contribution in [0.5, 0.6) is 0 Å². The molecule has 104 valence electrons. The summed E-state index contributed by atoms with van der Waals surface area (Å²) >= 11 is 0. The third kappa shape index (κ3) is 3.39. The van der Waals surface area contributed by atoms with Gasteiger partial charge in [0.1, 0.15) is 4.90 Å². The molecule has 2 N–H and O–H groups in total. The molecule has 1 aliphatic carbocycles. The van der Waals surface area contributed by atoms with E-state index in [-0.39, 0.29) is 16.6 Å². The minimum atomic E-state index is -1.41. The Morgan fingerprint density at radius 3 is 2.63 bits per heavy atom. The molecule has 1 aliphatic rings. The van der Waals surface area contributed by atoms with Crippen LogP contribution < -0.4 is 5.73 Å². The van der Waals surface area contributed by atoms with Gasteiger partial charge >= 0.3 is 0 Å². The van der Waals surface area contributed by atoms with Crippen LogP contribution in [-0.4, -0.2) is 20.9 Å². The van der Waals surface area contributed by atoms with Crippen LogP contribution in [0, 0.1) is 16.0 Å². The third-order valence-electron chi connectivity index (χ3n) is 3.66. The van der Waals surface area contributed by atoms with Crippen LogP contribution in [-0.2, 0) is 10.8 Å². The second-order valence-corrected chi connectivity index (χ2v) is 6.41. The minimum Gasteiger partial charge on any atom is -0.327 e. The van der Waals surface area contributed by atoms with E-state index in [1.54, 1.807) is 18.2 Å². The first-order valence-corrected chi connectivity index (χ1v) is 7.79. The zero-order chi connectivity index (χ0) is 13.8. The standard InChI is InChI=1S/C13H18N2O3S/c14-11(10-5-1-2-6-10)9-19(18)13-8-4-3-7-12(13)15(16)17/h3-4,7-8,10-11H,1-2,5-6,9,14H2. The lowest BCUT2D eigenvalue weighted by atomic mass is 10.0. The Bertz CT molecular complexity index is 487. The van der Waals surface area contributed by atoms with Crippen molar-refractivity contribution in [1.82, 2.24) is 0 Å². The van der Waals surface area contributed by atoms with Gasteiger partial charge in [-0.05, 0) is 24.8 Å². The van der Waals surface area contributed by atoms with E-state index in [0.29, 0.717) is 11.7 Å². The smallest absolute Gasteiger partial charge is 0.285 e. The number of nitrogens with zero attached hydrogens (tertiary/aromatic N) is 1. The van der Waals surface area contributed by atoms with E-state index in [4.69, 9.17) is 5.73 Å². The van der Waals surface area contributed by atoms with Crippen molar-refractivity contribution < 1.29 is 9.13 Å². The lowest BCUT2D eigenvalue weighted by Crippen LogP contribution is -2.34. The first-order chi connectivity index (χ1) is 9.09. The summed E-state index contributed by atoms with van der Waals surface area (Å²) in [7, 11) is -1.41. The Hall–Kier alpha value is -1.27. The third-order valence-corrected chi connectivity index (χ3v) is 5.18. The van der Waals surface area contributed by atoms with Gasteiger partial charge in [-0.2, -0.15) is 0 Å². The Morgan fingerprint density at radius 2 is 2.00 bits per heavy atom. The van der Waals surface area contributed by atoms with E-state index in [1.807, 2.05) is 0 Å². The minimum absolute atomic E-state index is 0.0838. The van der Waals surface area contributed by atoms with Crippen molar-refractivity contribution in [2.24, 2.45) is 11.7 Å². The summed E-state index contributed by atoms with van der Waals surface area (Å²) in [6, 6.07) is 6.05. The molecule has 6 heteroatoms. The summed E-state index contributed by atoms with van der Waals surface area (Å²) in [6.07, 6.45) is 4.51. The molecule has 1 aromatic carbocycles. The number of nitro groups is 1. The zero-order valence-corrected chi connectivity index (χ0v) is 11.5. The van der Waals surface area contributed by atoms with E-state index in [9.17, 15) is 14.3 Å². The molecule has 0 radical (unpaired) electrons. The molecule has 2 atom stereocenters. The fourth-order valence-electron chi connectivity index (χ4n) is 2.59. The van der Waals surface area contributed by atoms with Crippen molar-refractivity contribution in [3.63, 3.8) is 0 Å². The molecular formula is C13H18N2O3S. The molecular weight excluding hydrogens is 264 g/mol. The molecule has 0 aromatic heterocycles.